The Bertz CT molecular complexity index is 536. The summed E-state index contributed by atoms with van der Waals surface area (Å²) >= 11 is 0. The fourth-order valence-corrected chi connectivity index (χ4v) is 2.99. The van der Waals surface area contributed by atoms with Crippen molar-refractivity contribution in [3.8, 4) is 0 Å². The Balaban J connectivity index is 1.99. The van der Waals surface area contributed by atoms with Gasteiger partial charge in [0.15, 0.2) is 0 Å². The van der Waals surface area contributed by atoms with E-state index >= 15 is 0 Å². The molecule has 0 unspecified atom stereocenters. The van der Waals surface area contributed by atoms with E-state index in [4.69, 9.17) is 0 Å². The molecule has 98 valence electrons. The molecule has 2 heteroatoms. The summed E-state index contributed by atoms with van der Waals surface area (Å²) in [5, 5.41) is 6.93. The molecule has 19 heavy (non-hydrogen) atoms. The monoisotopic (exact) mass is 252 g/mol. The van der Waals surface area contributed by atoms with Crippen LogP contribution in [0.4, 0.5) is 0 Å². The molecular weight excluding hydrogens is 232 g/mol. The summed E-state index contributed by atoms with van der Waals surface area (Å²) in [6, 6.07) is 20.0. The van der Waals surface area contributed by atoms with Gasteiger partial charge in [0.25, 0.3) is 0 Å². The van der Waals surface area contributed by atoms with E-state index in [-0.39, 0.29) is 0 Å². The second kappa shape index (κ2) is 5.55. The summed E-state index contributed by atoms with van der Waals surface area (Å²) in [5.74, 6) is 0.463. The molecule has 0 bridgehead atoms. The Hall–Kier alpha value is -1.64. The van der Waals surface area contributed by atoms with Crippen molar-refractivity contribution in [2.24, 2.45) is 0 Å². The van der Waals surface area contributed by atoms with Crippen LogP contribution in [0.3, 0.4) is 0 Å². The highest BCUT2D eigenvalue weighted by molar-refractivity contribution is 5.42. The highest BCUT2D eigenvalue weighted by atomic mass is 15.0. The molecule has 0 fully saturated rings. The zero-order valence-corrected chi connectivity index (χ0v) is 11.3. The Morgan fingerprint density at radius 3 is 2.42 bits per heavy atom. The number of likely N-dealkylation sites (N-methyl/N-ethyl adjacent to an activating group) is 1. The maximum absolute atomic E-state index is 3.66. The van der Waals surface area contributed by atoms with Gasteiger partial charge in [-0.2, -0.15) is 0 Å². The molecule has 0 aromatic heterocycles. The van der Waals surface area contributed by atoms with E-state index in [1.54, 1.807) is 0 Å². The minimum Gasteiger partial charge on any atom is -0.318 e. The van der Waals surface area contributed by atoms with E-state index in [0.717, 1.165) is 13.1 Å². The number of hydrogen-bond donors (Lipinski definition) is 2. The van der Waals surface area contributed by atoms with Gasteiger partial charge in [0, 0.05) is 25.0 Å². The number of rotatable bonds is 3. The van der Waals surface area contributed by atoms with Gasteiger partial charge in [-0.3, -0.25) is 0 Å². The summed E-state index contributed by atoms with van der Waals surface area (Å²) in [7, 11) is 2.01. The highest BCUT2D eigenvalue weighted by Gasteiger charge is 2.26. The third-order valence-electron chi connectivity index (χ3n) is 3.93. The molecule has 0 saturated carbocycles. The molecule has 1 heterocycles. The lowest BCUT2D eigenvalue weighted by molar-refractivity contribution is 0.463. The lowest BCUT2D eigenvalue weighted by atomic mass is 9.82. The highest BCUT2D eigenvalue weighted by Crippen LogP contribution is 2.33. The smallest absolute Gasteiger partial charge is 0.0449 e. The lowest BCUT2D eigenvalue weighted by Gasteiger charge is -2.33. The average molecular weight is 252 g/mol. The van der Waals surface area contributed by atoms with Gasteiger partial charge in [-0.1, -0.05) is 54.6 Å². The largest absolute Gasteiger partial charge is 0.318 e. The van der Waals surface area contributed by atoms with E-state index in [2.05, 4.69) is 65.2 Å². The van der Waals surface area contributed by atoms with Crippen molar-refractivity contribution in [3.63, 3.8) is 0 Å². The minimum atomic E-state index is 0.418. The van der Waals surface area contributed by atoms with Crippen LogP contribution in [0.1, 0.15) is 28.7 Å². The molecule has 3 rings (SSSR count). The predicted octanol–water partition coefficient (Wildman–Crippen LogP) is 2.68. The van der Waals surface area contributed by atoms with Crippen LogP contribution in [0.15, 0.2) is 54.6 Å². The van der Waals surface area contributed by atoms with Crippen molar-refractivity contribution in [1.82, 2.24) is 10.6 Å². The van der Waals surface area contributed by atoms with E-state index in [0.29, 0.717) is 12.0 Å². The second-order valence-corrected chi connectivity index (χ2v) is 5.11. The van der Waals surface area contributed by atoms with E-state index in [9.17, 15) is 0 Å². The van der Waals surface area contributed by atoms with Crippen molar-refractivity contribution in [1.29, 1.82) is 0 Å². The predicted molar refractivity (Wildman–Crippen MR) is 79.4 cm³/mol. The Morgan fingerprint density at radius 1 is 1.00 bits per heavy atom. The Labute approximate surface area is 114 Å². The number of benzene rings is 2. The maximum Gasteiger partial charge on any atom is 0.0449 e. The molecule has 1 aliphatic rings. The van der Waals surface area contributed by atoms with E-state index < -0.39 is 0 Å². The molecular formula is C17H20N2. The molecule has 2 atom stereocenters. The van der Waals surface area contributed by atoms with E-state index in [1.807, 2.05) is 7.05 Å². The Morgan fingerprint density at radius 2 is 1.68 bits per heavy atom. The molecule has 0 aliphatic carbocycles. The van der Waals surface area contributed by atoms with Gasteiger partial charge < -0.3 is 10.6 Å². The molecule has 2 N–H and O–H groups in total. The maximum atomic E-state index is 3.66. The minimum absolute atomic E-state index is 0.418. The zero-order chi connectivity index (χ0) is 13.1. The normalized spacial score (nSPS) is 21.9. The summed E-state index contributed by atoms with van der Waals surface area (Å²) in [6.45, 7) is 1.98. The molecule has 0 amide bonds. The topological polar surface area (TPSA) is 24.1 Å². The van der Waals surface area contributed by atoms with Gasteiger partial charge >= 0.3 is 0 Å². The number of hydrogen-bond acceptors (Lipinski definition) is 2. The van der Waals surface area contributed by atoms with Crippen LogP contribution >= 0.6 is 0 Å². The van der Waals surface area contributed by atoms with Crippen molar-refractivity contribution in [2.45, 2.75) is 12.0 Å². The van der Waals surface area contributed by atoms with Gasteiger partial charge in [-0.25, -0.2) is 0 Å². The molecule has 1 aliphatic heterocycles. The lowest BCUT2D eigenvalue weighted by Crippen LogP contribution is -2.38. The van der Waals surface area contributed by atoms with Crippen molar-refractivity contribution in [2.75, 3.05) is 20.1 Å². The zero-order valence-electron chi connectivity index (χ0n) is 11.3. The number of nitrogens with one attached hydrogen (secondary N) is 2. The van der Waals surface area contributed by atoms with Crippen LogP contribution < -0.4 is 10.6 Å². The molecule has 0 spiro atoms. The fraction of sp³-hybridized carbons (Fsp3) is 0.294. The van der Waals surface area contributed by atoms with Gasteiger partial charge in [0.1, 0.15) is 0 Å². The van der Waals surface area contributed by atoms with Crippen molar-refractivity contribution < 1.29 is 0 Å². The van der Waals surface area contributed by atoms with Crippen LogP contribution in [0.2, 0.25) is 0 Å². The average Bonchev–Trinajstić information content (AvgIpc) is 2.49. The first-order valence-corrected chi connectivity index (χ1v) is 6.92. The van der Waals surface area contributed by atoms with Crippen molar-refractivity contribution >= 4 is 0 Å². The van der Waals surface area contributed by atoms with Crippen LogP contribution in [0, 0.1) is 0 Å². The standard InChI is InChI=1S/C17H20N2/c1-18-12-17-15-10-6-5-9-14(15)16(11-19-17)13-7-3-2-4-8-13/h2-10,16-19H,11-12H2,1H3/t16-,17-/m1/s1. The molecule has 2 nitrogen and oxygen atoms in total. The fourth-order valence-electron chi connectivity index (χ4n) is 2.99. The van der Waals surface area contributed by atoms with Crippen LogP contribution in [0.25, 0.3) is 0 Å². The third kappa shape index (κ3) is 2.42. The van der Waals surface area contributed by atoms with Crippen molar-refractivity contribution in [3.05, 3.63) is 71.3 Å². The Kier molecular flexibility index (Phi) is 3.62. The molecule has 2 aromatic carbocycles. The summed E-state index contributed by atoms with van der Waals surface area (Å²) < 4.78 is 0. The first-order valence-electron chi connectivity index (χ1n) is 6.92. The summed E-state index contributed by atoms with van der Waals surface area (Å²) in [4.78, 5) is 0. The molecule has 0 saturated heterocycles. The van der Waals surface area contributed by atoms with Crippen LogP contribution in [-0.2, 0) is 0 Å². The van der Waals surface area contributed by atoms with Gasteiger partial charge in [0.05, 0.1) is 0 Å². The summed E-state index contributed by atoms with van der Waals surface area (Å²) in [6.07, 6.45) is 0. The third-order valence-corrected chi connectivity index (χ3v) is 3.93. The quantitative estimate of drug-likeness (QED) is 0.877. The molecule has 0 radical (unpaired) electrons. The molecule has 2 aromatic rings. The van der Waals surface area contributed by atoms with Gasteiger partial charge in [-0.15, -0.1) is 0 Å². The van der Waals surface area contributed by atoms with Gasteiger partial charge in [-0.05, 0) is 23.7 Å². The second-order valence-electron chi connectivity index (χ2n) is 5.11. The first kappa shape index (κ1) is 12.4. The van der Waals surface area contributed by atoms with Crippen LogP contribution in [0.5, 0.6) is 0 Å². The summed E-state index contributed by atoms with van der Waals surface area (Å²) in [5.41, 5.74) is 4.29. The first-order chi connectivity index (χ1) is 9.40. The number of fused-ring (bicyclic) bond motifs is 1. The van der Waals surface area contributed by atoms with Gasteiger partial charge in [0.2, 0.25) is 0 Å². The SMILES string of the molecule is CNC[C@H]1NC[C@H](c2ccccc2)c2ccccc21. The van der Waals surface area contributed by atoms with E-state index in [1.165, 1.54) is 16.7 Å². The van der Waals surface area contributed by atoms with Crippen LogP contribution in [-0.4, -0.2) is 20.1 Å².